The van der Waals surface area contributed by atoms with Gasteiger partial charge in [-0.3, -0.25) is 4.99 Å². The Morgan fingerprint density at radius 2 is 1.88 bits per heavy atom. The van der Waals surface area contributed by atoms with Crippen LogP contribution >= 0.6 is 35.3 Å². The number of rotatable bonds is 4. The van der Waals surface area contributed by atoms with Crippen LogP contribution in [0.5, 0.6) is 0 Å². The van der Waals surface area contributed by atoms with Gasteiger partial charge in [-0.05, 0) is 41.6 Å². The number of hydrogen-bond donors (Lipinski definition) is 1. The van der Waals surface area contributed by atoms with Crippen LogP contribution in [0, 0.1) is 5.82 Å². The summed E-state index contributed by atoms with van der Waals surface area (Å²) in [5.41, 5.74) is 1.13. The molecule has 0 bridgehead atoms. The first-order valence-electron chi connectivity index (χ1n) is 8.25. The van der Waals surface area contributed by atoms with Crippen molar-refractivity contribution in [2.45, 2.75) is 6.42 Å². The number of piperazine rings is 1. The predicted octanol–water partition coefficient (Wildman–Crippen LogP) is 3.45. The van der Waals surface area contributed by atoms with Crippen molar-refractivity contribution in [2.75, 3.05) is 44.7 Å². The van der Waals surface area contributed by atoms with Gasteiger partial charge in [0.2, 0.25) is 0 Å². The van der Waals surface area contributed by atoms with Gasteiger partial charge < -0.3 is 15.1 Å². The minimum absolute atomic E-state index is 0. The van der Waals surface area contributed by atoms with E-state index in [4.69, 9.17) is 0 Å². The Morgan fingerprint density at radius 3 is 2.48 bits per heavy atom. The zero-order valence-electron chi connectivity index (χ0n) is 14.3. The molecule has 1 N–H and O–H groups in total. The summed E-state index contributed by atoms with van der Waals surface area (Å²) in [5.74, 6) is 0.758. The normalized spacial score (nSPS) is 15.0. The molecule has 7 heteroatoms. The molecule has 0 saturated carbocycles. The molecule has 1 saturated heterocycles. The second kappa shape index (κ2) is 9.96. The smallest absolute Gasteiger partial charge is 0.193 e. The van der Waals surface area contributed by atoms with Crippen molar-refractivity contribution >= 4 is 46.3 Å². The van der Waals surface area contributed by atoms with E-state index >= 15 is 0 Å². The molecule has 0 amide bonds. The number of thiophene rings is 1. The highest BCUT2D eigenvalue weighted by Gasteiger charge is 2.19. The second-order valence-electron chi connectivity index (χ2n) is 5.78. The third-order valence-corrected chi connectivity index (χ3v) is 5.15. The van der Waals surface area contributed by atoms with Crippen molar-refractivity contribution in [3.63, 3.8) is 0 Å². The monoisotopic (exact) mass is 474 g/mol. The number of anilines is 1. The van der Waals surface area contributed by atoms with Gasteiger partial charge in [-0.15, -0.1) is 35.3 Å². The van der Waals surface area contributed by atoms with E-state index in [-0.39, 0.29) is 29.8 Å². The summed E-state index contributed by atoms with van der Waals surface area (Å²) < 4.78 is 12.9. The lowest BCUT2D eigenvalue weighted by Gasteiger charge is -2.37. The minimum Gasteiger partial charge on any atom is -0.360 e. The van der Waals surface area contributed by atoms with E-state index in [1.54, 1.807) is 11.3 Å². The first kappa shape index (κ1) is 20.0. The van der Waals surface area contributed by atoms with Crippen molar-refractivity contribution in [3.8, 4) is 0 Å². The van der Waals surface area contributed by atoms with Crippen LogP contribution in [0.3, 0.4) is 0 Å². The van der Waals surface area contributed by atoms with Gasteiger partial charge in [0.15, 0.2) is 5.96 Å². The summed E-state index contributed by atoms with van der Waals surface area (Å²) in [6.45, 7) is 4.75. The molecule has 4 nitrogen and oxygen atoms in total. The molecular weight excluding hydrogens is 450 g/mol. The predicted molar refractivity (Wildman–Crippen MR) is 115 cm³/mol. The van der Waals surface area contributed by atoms with Crippen LogP contribution in [-0.2, 0) is 6.42 Å². The maximum atomic E-state index is 12.9. The highest BCUT2D eigenvalue weighted by Crippen LogP contribution is 2.22. The molecule has 0 unspecified atom stereocenters. The van der Waals surface area contributed by atoms with E-state index in [1.165, 1.54) is 17.1 Å². The van der Waals surface area contributed by atoms with Gasteiger partial charge in [0.25, 0.3) is 0 Å². The molecule has 0 spiro atoms. The van der Waals surface area contributed by atoms with Crippen LogP contribution in [0.2, 0.25) is 0 Å². The minimum atomic E-state index is -0.189. The first-order valence-corrected chi connectivity index (χ1v) is 9.13. The molecular formula is C18H24FIN4S. The highest BCUT2D eigenvalue weighted by atomic mass is 127. The number of halogens is 2. The molecule has 1 aliphatic heterocycles. The SMILES string of the molecule is CN=C(NCCc1ccc(F)cc1)N1CCN(c2cccs2)CC1.I. The average molecular weight is 474 g/mol. The van der Waals surface area contributed by atoms with Gasteiger partial charge in [-0.2, -0.15) is 0 Å². The standard InChI is InChI=1S/C18H23FN4S.HI/c1-20-18(21-9-8-15-4-6-16(19)7-5-15)23-12-10-22(11-13-23)17-3-2-14-24-17;/h2-7,14H,8-13H2,1H3,(H,20,21);1H. The summed E-state index contributed by atoms with van der Waals surface area (Å²) in [4.78, 5) is 9.12. The van der Waals surface area contributed by atoms with Gasteiger partial charge in [-0.1, -0.05) is 12.1 Å². The molecule has 3 rings (SSSR count). The molecule has 0 radical (unpaired) electrons. The topological polar surface area (TPSA) is 30.9 Å². The maximum absolute atomic E-state index is 12.9. The molecule has 25 heavy (non-hydrogen) atoms. The second-order valence-corrected chi connectivity index (χ2v) is 6.70. The summed E-state index contributed by atoms with van der Waals surface area (Å²) in [6.07, 6.45) is 0.856. The molecule has 136 valence electrons. The number of benzene rings is 1. The van der Waals surface area contributed by atoms with E-state index in [9.17, 15) is 4.39 Å². The molecule has 1 fully saturated rings. The molecule has 1 aromatic carbocycles. The Balaban J connectivity index is 0.00000225. The summed E-state index contributed by atoms with van der Waals surface area (Å²) in [7, 11) is 1.83. The van der Waals surface area contributed by atoms with E-state index in [0.29, 0.717) is 0 Å². The average Bonchev–Trinajstić information content (AvgIpc) is 3.15. The summed E-state index contributed by atoms with van der Waals surface area (Å²) in [5, 5.41) is 6.88. The first-order chi connectivity index (χ1) is 11.8. The third-order valence-electron chi connectivity index (χ3n) is 4.22. The van der Waals surface area contributed by atoms with Gasteiger partial charge in [0.1, 0.15) is 5.82 Å². The highest BCUT2D eigenvalue weighted by molar-refractivity contribution is 14.0. The van der Waals surface area contributed by atoms with Crippen molar-refractivity contribution in [1.29, 1.82) is 0 Å². The van der Waals surface area contributed by atoms with Gasteiger partial charge in [0.05, 0.1) is 5.00 Å². The molecule has 0 atom stereocenters. The number of guanidine groups is 1. The number of nitrogens with zero attached hydrogens (tertiary/aromatic N) is 3. The van der Waals surface area contributed by atoms with Crippen LogP contribution in [0.4, 0.5) is 9.39 Å². The van der Waals surface area contributed by atoms with E-state index < -0.39 is 0 Å². The summed E-state index contributed by atoms with van der Waals surface area (Å²) >= 11 is 1.79. The molecule has 2 heterocycles. The Morgan fingerprint density at radius 1 is 1.16 bits per heavy atom. The Hall–Kier alpha value is -1.35. The lowest BCUT2D eigenvalue weighted by molar-refractivity contribution is 0.374. The Bertz CT molecular complexity index is 652. The molecule has 1 aromatic heterocycles. The third kappa shape index (κ3) is 5.57. The van der Waals surface area contributed by atoms with Crippen molar-refractivity contribution < 1.29 is 4.39 Å². The summed E-state index contributed by atoms with van der Waals surface area (Å²) in [6, 6.07) is 11.0. The zero-order valence-corrected chi connectivity index (χ0v) is 17.5. The fourth-order valence-electron chi connectivity index (χ4n) is 2.89. The van der Waals surface area contributed by atoms with E-state index in [0.717, 1.165) is 50.7 Å². The van der Waals surface area contributed by atoms with Gasteiger partial charge in [-0.25, -0.2) is 4.39 Å². The maximum Gasteiger partial charge on any atom is 0.193 e. The van der Waals surface area contributed by atoms with Gasteiger partial charge in [0, 0.05) is 39.8 Å². The van der Waals surface area contributed by atoms with Crippen LogP contribution < -0.4 is 10.2 Å². The Labute approximate surface area is 169 Å². The lowest BCUT2D eigenvalue weighted by atomic mass is 10.1. The molecule has 0 aliphatic carbocycles. The van der Waals surface area contributed by atoms with Gasteiger partial charge >= 0.3 is 0 Å². The number of nitrogens with one attached hydrogen (secondary N) is 1. The lowest BCUT2D eigenvalue weighted by Crippen LogP contribution is -2.52. The van der Waals surface area contributed by atoms with Crippen molar-refractivity contribution in [2.24, 2.45) is 4.99 Å². The van der Waals surface area contributed by atoms with Crippen LogP contribution in [0.15, 0.2) is 46.8 Å². The Kier molecular flexibility index (Phi) is 7.95. The number of aliphatic imine (C=N–C) groups is 1. The molecule has 2 aromatic rings. The molecule has 1 aliphatic rings. The van der Waals surface area contributed by atoms with Crippen LogP contribution in [0.25, 0.3) is 0 Å². The van der Waals surface area contributed by atoms with Crippen LogP contribution in [-0.4, -0.2) is 50.6 Å². The number of hydrogen-bond acceptors (Lipinski definition) is 3. The largest absolute Gasteiger partial charge is 0.360 e. The van der Waals surface area contributed by atoms with E-state index in [1.807, 2.05) is 19.2 Å². The quantitative estimate of drug-likeness (QED) is 0.419. The fourth-order valence-corrected chi connectivity index (χ4v) is 3.68. The van der Waals surface area contributed by atoms with Crippen molar-refractivity contribution in [3.05, 3.63) is 53.2 Å². The van der Waals surface area contributed by atoms with Crippen LogP contribution in [0.1, 0.15) is 5.56 Å². The van der Waals surface area contributed by atoms with Crippen molar-refractivity contribution in [1.82, 2.24) is 10.2 Å². The fraction of sp³-hybridized carbons (Fsp3) is 0.389. The zero-order chi connectivity index (χ0) is 16.8. The van der Waals surface area contributed by atoms with E-state index in [2.05, 4.69) is 37.6 Å².